The number of aromatic nitrogens is 6. The molecule has 7 heteroatoms. The van der Waals surface area contributed by atoms with Gasteiger partial charge in [0.15, 0.2) is 17.2 Å². The highest BCUT2D eigenvalue weighted by Crippen LogP contribution is 2.42. The van der Waals surface area contributed by atoms with E-state index in [1.807, 2.05) is 36.4 Å². The molecule has 0 radical (unpaired) electrons. The Balaban J connectivity index is 1.08. The lowest BCUT2D eigenvalue weighted by molar-refractivity contribution is 0.620. The lowest BCUT2D eigenvalue weighted by Crippen LogP contribution is -2.07. The third-order valence-electron chi connectivity index (χ3n) is 12.4. The van der Waals surface area contributed by atoms with Crippen LogP contribution < -0.4 is 0 Å². The van der Waals surface area contributed by atoms with Crippen molar-refractivity contribution >= 4 is 54.7 Å². The topological polar surface area (TPSA) is 74.6 Å². The molecule has 0 aliphatic heterocycles. The van der Waals surface area contributed by atoms with E-state index in [0.717, 1.165) is 99.3 Å². The molecule has 0 aliphatic rings. The van der Waals surface area contributed by atoms with Crippen LogP contribution in [0.2, 0.25) is 0 Å². The van der Waals surface area contributed by atoms with Crippen LogP contribution in [0.25, 0.3) is 123 Å². The van der Waals surface area contributed by atoms with Gasteiger partial charge in [-0.25, -0.2) is 9.97 Å². The Kier molecular flexibility index (Phi) is 8.39. The minimum atomic E-state index is 0.530. The zero-order valence-electron chi connectivity index (χ0n) is 34.9. The van der Waals surface area contributed by atoms with E-state index < -0.39 is 0 Å². The van der Waals surface area contributed by atoms with Gasteiger partial charge in [0.05, 0.1) is 22.1 Å². The van der Waals surface area contributed by atoms with Gasteiger partial charge in [-0.3, -0.25) is 4.57 Å². The molecule has 0 saturated heterocycles. The van der Waals surface area contributed by atoms with Crippen LogP contribution in [-0.4, -0.2) is 29.1 Å². The Morgan fingerprint density at radius 1 is 0.323 bits per heavy atom. The van der Waals surface area contributed by atoms with Crippen molar-refractivity contribution in [2.75, 3.05) is 0 Å². The Bertz CT molecular complexity index is 3810. The second-order valence-corrected chi connectivity index (χ2v) is 16.3. The van der Waals surface area contributed by atoms with Crippen LogP contribution in [0.4, 0.5) is 0 Å². The highest BCUT2D eigenvalue weighted by molar-refractivity contribution is 6.23. The van der Waals surface area contributed by atoms with Crippen LogP contribution >= 0.6 is 0 Å². The first-order valence-corrected chi connectivity index (χ1v) is 21.7. The van der Waals surface area contributed by atoms with Gasteiger partial charge in [-0.05, 0) is 82.9 Å². The molecule has 0 bridgehead atoms. The number of nitrogens with zero attached hydrogens (tertiary/aromatic N) is 6. The molecular weight excluding hydrogens is 797 g/mol. The molecule has 0 spiro atoms. The van der Waals surface area contributed by atoms with E-state index in [4.69, 9.17) is 24.4 Å². The number of oxazole rings is 1. The largest absolute Gasteiger partial charge is 0.436 e. The molecule has 0 unspecified atom stereocenters. The summed E-state index contributed by atoms with van der Waals surface area (Å²) in [5, 5.41) is 4.48. The molecule has 7 nitrogen and oxygen atoms in total. The smallest absolute Gasteiger partial charge is 0.238 e. The highest BCUT2D eigenvalue weighted by atomic mass is 16.3. The summed E-state index contributed by atoms with van der Waals surface area (Å²) in [4.78, 5) is 20.9. The fraction of sp³-hybridized carbons (Fsp3) is 0. The molecule has 13 aromatic rings. The van der Waals surface area contributed by atoms with Crippen LogP contribution in [0, 0.1) is 0 Å². The summed E-state index contributed by atoms with van der Waals surface area (Å²) in [6.45, 7) is 0. The second kappa shape index (κ2) is 14.9. The molecule has 0 saturated carbocycles. The molecule has 13 rings (SSSR count). The maximum Gasteiger partial charge on any atom is 0.238 e. The quantitative estimate of drug-likeness (QED) is 0.160. The zero-order valence-corrected chi connectivity index (χ0v) is 34.9. The van der Waals surface area contributed by atoms with E-state index in [1.54, 1.807) is 0 Å². The van der Waals surface area contributed by atoms with Crippen molar-refractivity contribution in [3.05, 3.63) is 218 Å². The van der Waals surface area contributed by atoms with E-state index in [2.05, 4.69) is 191 Å². The summed E-state index contributed by atoms with van der Waals surface area (Å²) in [7, 11) is 0. The lowest BCUT2D eigenvalue weighted by atomic mass is 10.0. The third kappa shape index (κ3) is 6.13. The molecule has 4 aromatic heterocycles. The molecule has 304 valence electrons. The van der Waals surface area contributed by atoms with Gasteiger partial charge >= 0.3 is 0 Å². The van der Waals surface area contributed by atoms with Crippen molar-refractivity contribution in [3.63, 3.8) is 0 Å². The maximum atomic E-state index is 6.18. The van der Waals surface area contributed by atoms with Crippen molar-refractivity contribution in [2.45, 2.75) is 0 Å². The first-order chi connectivity index (χ1) is 32.2. The Morgan fingerprint density at radius 2 is 0.815 bits per heavy atom. The molecule has 0 aliphatic carbocycles. The van der Waals surface area contributed by atoms with Crippen LogP contribution in [0.15, 0.2) is 223 Å². The summed E-state index contributed by atoms with van der Waals surface area (Å²) < 4.78 is 10.8. The SMILES string of the molecule is c1ccc(-c2cccc(-c3nc(-c4cccc(-c5ccccc5)c4)nc(-n4c5ccccc5c5ccc6c7ccccc7n(-c7ccc(-c8nc9ccccc9o8)cc7)c6c54)n3)c2)cc1. The molecule has 0 amide bonds. The van der Waals surface area contributed by atoms with Gasteiger partial charge in [0, 0.05) is 43.9 Å². The molecule has 0 fully saturated rings. The Hall–Kier alpha value is -8.94. The second-order valence-electron chi connectivity index (χ2n) is 16.3. The molecule has 4 heterocycles. The van der Waals surface area contributed by atoms with Gasteiger partial charge in [0.1, 0.15) is 5.52 Å². The fourth-order valence-corrected chi connectivity index (χ4v) is 9.39. The highest BCUT2D eigenvalue weighted by Gasteiger charge is 2.24. The van der Waals surface area contributed by atoms with Crippen LogP contribution in [-0.2, 0) is 0 Å². The van der Waals surface area contributed by atoms with Crippen molar-refractivity contribution < 1.29 is 4.42 Å². The molecule has 0 atom stereocenters. The van der Waals surface area contributed by atoms with Crippen LogP contribution in [0.5, 0.6) is 0 Å². The monoisotopic (exact) mass is 832 g/mol. The van der Waals surface area contributed by atoms with Gasteiger partial charge in [0.2, 0.25) is 11.8 Å². The van der Waals surface area contributed by atoms with E-state index >= 15 is 0 Å². The van der Waals surface area contributed by atoms with E-state index in [1.165, 1.54) is 0 Å². The molecular formula is C58H36N6O. The minimum Gasteiger partial charge on any atom is -0.436 e. The summed E-state index contributed by atoms with van der Waals surface area (Å²) in [6.07, 6.45) is 0. The van der Waals surface area contributed by atoms with Gasteiger partial charge < -0.3 is 8.98 Å². The van der Waals surface area contributed by atoms with Gasteiger partial charge in [0.25, 0.3) is 0 Å². The number of para-hydroxylation sites is 4. The van der Waals surface area contributed by atoms with Crippen LogP contribution in [0.3, 0.4) is 0 Å². The average molecular weight is 833 g/mol. The zero-order chi connectivity index (χ0) is 42.8. The summed E-state index contributed by atoms with van der Waals surface area (Å²) in [6, 6.07) is 75.8. The normalized spacial score (nSPS) is 11.7. The number of benzene rings is 9. The summed E-state index contributed by atoms with van der Waals surface area (Å²) in [5.41, 5.74) is 13.9. The number of hydrogen-bond donors (Lipinski definition) is 0. The third-order valence-corrected chi connectivity index (χ3v) is 12.4. The van der Waals surface area contributed by atoms with Crippen molar-refractivity contribution in [1.29, 1.82) is 0 Å². The Morgan fingerprint density at radius 3 is 1.42 bits per heavy atom. The van der Waals surface area contributed by atoms with E-state index in [-0.39, 0.29) is 0 Å². The summed E-state index contributed by atoms with van der Waals surface area (Å²) in [5.74, 6) is 2.29. The number of hydrogen-bond acceptors (Lipinski definition) is 5. The minimum absolute atomic E-state index is 0.530. The van der Waals surface area contributed by atoms with Crippen molar-refractivity contribution in [1.82, 2.24) is 29.1 Å². The average Bonchev–Trinajstić information content (AvgIpc) is 4.08. The first kappa shape index (κ1) is 36.7. The van der Waals surface area contributed by atoms with Gasteiger partial charge in [-0.1, -0.05) is 158 Å². The lowest BCUT2D eigenvalue weighted by Gasteiger charge is -2.14. The van der Waals surface area contributed by atoms with E-state index in [9.17, 15) is 0 Å². The standard InChI is InChI=1S/C58H36N6O/c1-3-15-37(16-4-1)40-19-13-21-42(35-40)55-60-56(43-22-14-20-41(36-43)38-17-5-2-6-18-38)62-58(61-55)64-51-27-11-8-24-46(51)48-34-33-47-45-23-7-10-26-50(45)63(53(47)54(48)64)44-31-29-39(30-32-44)57-59-49-25-9-12-28-52(49)65-57/h1-36H. The van der Waals surface area contributed by atoms with Gasteiger partial charge in [-0.15, -0.1) is 0 Å². The maximum absolute atomic E-state index is 6.18. The van der Waals surface area contributed by atoms with Crippen molar-refractivity contribution in [2.24, 2.45) is 0 Å². The van der Waals surface area contributed by atoms with Crippen LogP contribution in [0.1, 0.15) is 0 Å². The fourth-order valence-electron chi connectivity index (χ4n) is 9.39. The first-order valence-electron chi connectivity index (χ1n) is 21.7. The molecule has 0 N–H and O–H groups in total. The predicted molar refractivity (Wildman–Crippen MR) is 263 cm³/mol. The molecule has 65 heavy (non-hydrogen) atoms. The van der Waals surface area contributed by atoms with Gasteiger partial charge in [-0.2, -0.15) is 9.97 Å². The molecule has 9 aromatic carbocycles. The Labute approximate surface area is 373 Å². The van der Waals surface area contributed by atoms with E-state index in [0.29, 0.717) is 23.5 Å². The predicted octanol–water partition coefficient (Wildman–Crippen LogP) is 14.5. The number of rotatable bonds is 7. The van der Waals surface area contributed by atoms with Crippen molar-refractivity contribution in [3.8, 4) is 68.1 Å². The summed E-state index contributed by atoms with van der Waals surface area (Å²) >= 11 is 0. The number of fused-ring (bicyclic) bond motifs is 8.